The van der Waals surface area contributed by atoms with Gasteiger partial charge in [-0.2, -0.15) is 0 Å². The largest absolute Gasteiger partial charge is 0.395 e. The number of aliphatic hydroxyl groups is 1. The number of aliphatic hydroxyl groups excluding tert-OH is 1. The van der Waals surface area contributed by atoms with Gasteiger partial charge in [0.25, 0.3) is 0 Å². The molecular formula is C9H15NO2. The van der Waals surface area contributed by atoms with Crippen LogP contribution in [0.5, 0.6) is 0 Å². The Morgan fingerprint density at radius 3 is 3.00 bits per heavy atom. The summed E-state index contributed by atoms with van der Waals surface area (Å²) >= 11 is 0. The summed E-state index contributed by atoms with van der Waals surface area (Å²) in [6, 6.07) is 0.186. The maximum absolute atomic E-state index is 9.01. The normalized spacial score (nSPS) is 30.4. The van der Waals surface area contributed by atoms with Gasteiger partial charge in [-0.05, 0) is 6.42 Å². The molecule has 0 bridgehead atoms. The van der Waals surface area contributed by atoms with Gasteiger partial charge in [-0.25, -0.2) is 0 Å². The second-order valence-electron chi connectivity index (χ2n) is 3.06. The third-order valence-corrected chi connectivity index (χ3v) is 2.33. The Balaban J connectivity index is 2.45. The van der Waals surface area contributed by atoms with Gasteiger partial charge in [0, 0.05) is 19.7 Å². The number of terminal acetylenes is 1. The Labute approximate surface area is 73.3 Å². The van der Waals surface area contributed by atoms with Crippen LogP contribution in [0.2, 0.25) is 0 Å². The summed E-state index contributed by atoms with van der Waals surface area (Å²) in [5, 5.41) is 9.01. The molecule has 0 aliphatic carbocycles. The zero-order valence-electron chi connectivity index (χ0n) is 7.36. The molecule has 1 fully saturated rings. The van der Waals surface area contributed by atoms with E-state index in [2.05, 4.69) is 10.8 Å². The molecule has 1 N–H and O–H groups in total. The van der Waals surface area contributed by atoms with Gasteiger partial charge in [0.15, 0.2) is 0 Å². The van der Waals surface area contributed by atoms with E-state index in [-0.39, 0.29) is 18.8 Å². The number of methoxy groups -OCH3 is 1. The summed E-state index contributed by atoms with van der Waals surface area (Å²) in [6.45, 7) is 1.61. The van der Waals surface area contributed by atoms with Crippen LogP contribution in [0.4, 0.5) is 0 Å². The fraction of sp³-hybridized carbons (Fsp3) is 0.778. The second-order valence-corrected chi connectivity index (χ2v) is 3.06. The van der Waals surface area contributed by atoms with Gasteiger partial charge in [0.2, 0.25) is 0 Å². The minimum absolute atomic E-state index is 0.168. The molecule has 1 rings (SSSR count). The predicted octanol–water partition coefficient (Wildman–Crippen LogP) is -0.299. The zero-order chi connectivity index (χ0) is 8.97. The Kier molecular flexibility index (Phi) is 3.54. The molecule has 0 radical (unpaired) electrons. The highest BCUT2D eigenvalue weighted by Crippen LogP contribution is 2.18. The first kappa shape index (κ1) is 9.53. The third-order valence-electron chi connectivity index (χ3n) is 2.33. The van der Waals surface area contributed by atoms with Crippen LogP contribution >= 0.6 is 0 Å². The lowest BCUT2D eigenvalue weighted by molar-refractivity contribution is 0.110. The molecule has 3 nitrogen and oxygen atoms in total. The highest BCUT2D eigenvalue weighted by Gasteiger charge is 2.30. The average molecular weight is 169 g/mol. The Bertz CT molecular complexity index is 176. The number of nitrogens with zero attached hydrogens (tertiary/aromatic N) is 1. The zero-order valence-corrected chi connectivity index (χ0v) is 7.36. The van der Waals surface area contributed by atoms with Crippen molar-refractivity contribution in [2.45, 2.75) is 18.6 Å². The first-order valence-electron chi connectivity index (χ1n) is 4.13. The van der Waals surface area contributed by atoms with E-state index in [9.17, 15) is 0 Å². The van der Waals surface area contributed by atoms with Crippen molar-refractivity contribution < 1.29 is 9.84 Å². The number of ether oxygens (including phenoxy) is 1. The average Bonchev–Trinajstić information content (AvgIpc) is 2.48. The maximum Gasteiger partial charge on any atom is 0.0714 e. The number of likely N-dealkylation sites (tertiary alicyclic amines) is 1. The predicted molar refractivity (Wildman–Crippen MR) is 46.7 cm³/mol. The highest BCUT2D eigenvalue weighted by molar-refractivity contribution is 4.95. The van der Waals surface area contributed by atoms with E-state index < -0.39 is 0 Å². The molecule has 0 saturated carbocycles. The third kappa shape index (κ3) is 1.98. The molecular weight excluding hydrogens is 154 g/mol. The van der Waals surface area contributed by atoms with E-state index in [4.69, 9.17) is 16.3 Å². The molecule has 2 unspecified atom stereocenters. The Morgan fingerprint density at radius 1 is 1.75 bits per heavy atom. The van der Waals surface area contributed by atoms with Crippen molar-refractivity contribution >= 4 is 0 Å². The molecule has 0 aromatic carbocycles. The molecule has 0 aromatic rings. The maximum atomic E-state index is 9.01. The van der Waals surface area contributed by atoms with Gasteiger partial charge in [0.1, 0.15) is 0 Å². The molecule has 0 aromatic heterocycles. The summed E-state index contributed by atoms with van der Waals surface area (Å²) in [7, 11) is 1.69. The molecule has 68 valence electrons. The summed E-state index contributed by atoms with van der Waals surface area (Å²) in [5.41, 5.74) is 0. The van der Waals surface area contributed by atoms with Crippen LogP contribution in [-0.4, -0.2) is 49.0 Å². The van der Waals surface area contributed by atoms with E-state index in [0.717, 1.165) is 13.0 Å². The van der Waals surface area contributed by atoms with Crippen LogP contribution in [0.25, 0.3) is 0 Å². The molecule has 1 aliphatic rings. The monoisotopic (exact) mass is 169 g/mol. The van der Waals surface area contributed by atoms with Crippen molar-refractivity contribution in [3.05, 3.63) is 0 Å². The van der Waals surface area contributed by atoms with Crippen LogP contribution in [0.3, 0.4) is 0 Å². The van der Waals surface area contributed by atoms with Crippen LogP contribution in [-0.2, 0) is 4.74 Å². The van der Waals surface area contributed by atoms with Crippen molar-refractivity contribution in [2.75, 3.05) is 26.8 Å². The fourth-order valence-electron chi connectivity index (χ4n) is 1.61. The van der Waals surface area contributed by atoms with Gasteiger partial charge >= 0.3 is 0 Å². The standard InChI is InChI=1S/C9H15NO2/c1-3-4-10-6-9(12-2)5-8(10)7-11/h1,8-9,11H,4-7H2,2H3. The van der Waals surface area contributed by atoms with Gasteiger partial charge < -0.3 is 9.84 Å². The fourth-order valence-corrected chi connectivity index (χ4v) is 1.61. The van der Waals surface area contributed by atoms with E-state index in [0.29, 0.717) is 6.54 Å². The van der Waals surface area contributed by atoms with Crippen LogP contribution in [0.15, 0.2) is 0 Å². The quantitative estimate of drug-likeness (QED) is 0.589. The van der Waals surface area contributed by atoms with Crippen molar-refractivity contribution in [3.8, 4) is 12.3 Å². The molecule has 0 amide bonds. The van der Waals surface area contributed by atoms with E-state index >= 15 is 0 Å². The molecule has 0 spiro atoms. The topological polar surface area (TPSA) is 32.7 Å². The van der Waals surface area contributed by atoms with Crippen molar-refractivity contribution in [3.63, 3.8) is 0 Å². The number of rotatable bonds is 3. The minimum atomic E-state index is 0.168. The van der Waals surface area contributed by atoms with E-state index in [1.54, 1.807) is 7.11 Å². The van der Waals surface area contributed by atoms with Crippen molar-refractivity contribution in [2.24, 2.45) is 0 Å². The molecule has 2 atom stereocenters. The van der Waals surface area contributed by atoms with Crippen LogP contribution in [0, 0.1) is 12.3 Å². The highest BCUT2D eigenvalue weighted by atomic mass is 16.5. The summed E-state index contributed by atoms with van der Waals surface area (Å²) in [4.78, 5) is 2.08. The van der Waals surface area contributed by atoms with Gasteiger partial charge in [-0.15, -0.1) is 6.42 Å². The van der Waals surface area contributed by atoms with E-state index in [1.165, 1.54) is 0 Å². The molecule has 1 saturated heterocycles. The minimum Gasteiger partial charge on any atom is -0.395 e. The van der Waals surface area contributed by atoms with Crippen LogP contribution < -0.4 is 0 Å². The van der Waals surface area contributed by atoms with Crippen LogP contribution in [0.1, 0.15) is 6.42 Å². The van der Waals surface area contributed by atoms with Gasteiger partial charge in [-0.3, -0.25) is 4.90 Å². The number of hydrogen-bond donors (Lipinski definition) is 1. The summed E-state index contributed by atoms with van der Waals surface area (Å²) in [5.74, 6) is 2.58. The molecule has 12 heavy (non-hydrogen) atoms. The van der Waals surface area contributed by atoms with Gasteiger partial charge in [0.05, 0.1) is 19.3 Å². The smallest absolute Gasteiger partial charge is 0.0714 e. The Hall–Kier alpha value is -0.560. The first-order chi connectivity index (χ1) is 5.81. The summed E-state index contributed by atoms with van der Waals surface area (Å²) in [6.07, 6.45) is 6.31. The second kappa shape index (κ2) is 4.46. The van der Waals surface area contributed by atoms with Crippen molar-refractivity contribution in [1.29, 1.82) is 0 Å². The lowest BCUT2D eigenvalue weighted by Gasteiger charge is -2.18. The van der Waals surface area contributed by atoms with Gasteiger partial charge in [-0.1, -0.05) is 5.92 Å². The van der Waals surface area contributed by atoms with Crippen molar-refractivity contribution in [1.82, 2.24) is 4.90 Å². The lowest BCUT2D eigenvalue weighted by atomic mass is 10.2. The summed E-state index contributed by atoms with van der Waals surface area (Å²) < 4.78 is 5.20. The SMILES string of the molecule is C#CCN1CC(OC)CC1CO. The number of hydrogen-bond acceptors (Lipinski definition) is 3. The van der Waals surface area contributed by atoms with E-state index in [1.807, 2.05) is 0 Å². The molecule has 3 heteroatoms. The Morgan fingerprint density at radius 2 is 2.50 bits per heavy atom. The molecule has 1 aliphatic heterocycles. The lowest BCUT2D eigenvalue weighted by Crippen LogP contribution is -2.32. The first-order valence-corrected chi connectivity index (χ1v) is 4.13. The molecule has 1 heterocycles.